The Balaban J connectivity index is 1.35. The van der Waals surface area contributed by atoms with Crippen molar-refractivity contribution < 1.29 is 9.53 Å². The second kappa shape index (κ2) is 10.6. The van der Waals surface area contributed by atoms with Crippen LogP contribution in [0.3, 0.4) is 0 Å². The summed E-state index contributed by atoms with van der Waals surface area (Å²) in [5, 5.41) is 1.18. The predicted octanol–water partition coefficient (Wildman–Crippen LogP) is 5.83. The van der Waals surface area contributed by atoms with Gasteiger partial charge in [-0.3, -0.25) is 4.79 Å². The number of aromatic nitrogens is 1. The van der Waals surface area contributed by atoms with Crippen molar-refractivity contribution in [3.63, 3.8) is 0 Å². The highest BCUT2D eigenvalue weighted by Crippen LogP contribution is 2.26. The zero-order valence-corrected chi connectivity index (χ0v) is 20.9. The molecule has 182 valence electrons. The van der Waals surface area contributed by atoms with Crippen molar-refractivity contribution in [1.29, 1.82) is 0 Å². The van der Waals surface area contributed by atoms with Crippen LogP contribution in [-0.2, 0) is 4.79 Å². The van der Waals surface area contributed by atoms with Crippen LogP contribution in [0.1, 0.15) is 23.6 Å². The van der Waals surface area contributed by atoms with Gasteiger partial charge in [-0.25, -0.2) is 4.98 Å². The van der Waals surface area contributed by atoms with E-state index in [4.69, 9.17) is 9.72 Å². The van der Waals surface area contributed by atoms with E-state index in [1.165, 1.54) is 10.9 Å². The summed E-state index contributed by atoms with van der Waals surface area (Å²) in [5.41, 5.74) is 4.83. The third kappa shape index (κ3) is 5.10. The first-order chi connectivity index (χ1) is 17.6. The van der Waals surface area contributed by atoms with Crippen molar-refractivity contribution in [2.45, 2.75) is 13.8 Å². The van der Waals surface area contributed by atoms with Gasteiger partial charge in [0.2, 0.25) is 0 Å². The summed E-state index contributed by atoms with van der Waals surface area (Å²) in [6.45, 7) is 7.54. The molecule has 1 fully saturated rings. The molecular formula is C31H31N3O2. The lowest BCUT2D eigenvalue weighted by atomic mass is 10.0. The fraction of sp³-hybridized carbons (Fsp3) is 0.226. The zero-order valence-electron chi connectivity index (χ0n) is 20.9. The van der Waals surface area contributed by atoms with Gasteiger partial charge < -0.3 is 14.5 Å². The summed E-state index contributed by atoms with van der Waals surface area (Å²) in [5.74, 6) is 1.86. The van der Waals surface area contributed by atoms with Crippen molar-refractivity contribution in [3.05, 3.63) is 102 Å². The first kappa shape index (κ1) is 23.6. The Hall–Kier alpha value is -4.12. The van der Waals surface area contributed by atoms with E-state index in [0.717, 1.165) is 41.3 Å². The first-order valence-electron chi connectivity index (χ1n) is 12.5. The molecule has 0 atom stereocenters. The van der Waals surface area contributed by atoms with Crippen LogP contribution >= 0.6 is 0 Å². The maximum Gasteiger partial charge on any atom is 0.254 e. The quantitative estimate of drug-likeness (QED) is 0.259. The van der Waals surface area contributed by atoms with Gasteiger partial charge in [0.15, 0.2) is 0 Å². The van der Waals surface area contributed by atoms with Gasteiger partial charge in [-0.15, -0.1) is 0 Å². The predicted molar refractivity (Wildman–Crippen MR) is 147 cm³/mol. The van der Waals surface area contributed by atoms with Crippen molar-refractivity contribution >= 4 is 34.3 Å². The van der Waals surface area contributed by atoms with Crippen LogP contribution in [0, 0.1) is 6.92 Å². The van der Waals surface area contributed by atoms with E-state index in [2.05, 4.69) is 30.0 Å². The number of fused-ring (bicyclic) bond motifs is 1. The number of rotatable bonds is 6. The molecule has 0 radical (unpaired) electrons. The number of aryl methyl sites for hydroxylation is 1. The van der Waals surface area contributed by atoms with Crippen LogP contribution in [0.5, 0.6) is 5.75 Å². The largest absolute Gasteiger partial charge is 0.494 e. The normalized spacial score (nSPS) is 14.2. The van der Waals surface area contributed by atoms with Crippen LogP contribution in [-0.4, -0.2) is 48.6 Å². The fourth-order valence-corrected chi connectivity index (χ4v) is 4.68. The summed E-state index contributed by atoms with van der Waals surface area (Å²) in [6.07, 6.45) is 1.98. The monoisotopic (exact) mass is 477 g/mol. The van der Waals surface area contributed by atoms with Gasteiger partial charge in [-0.1, -0.05) is 60.7 Å². The fourth-order valence-electron chi connectivity index (χ4n) is 4.68. The molecule has 1 saturated heterocycles. The van der Waals surface area contributed by atoms with E-state index in [1.807, 2.05) is 84.6 Å². The Labute approximate surface area is 212 Å². The molecule has 1 aliphatic heterocycles. The number of para-hydroxylation sites is 1. The molecule has 0 aliphatic carbocycles. The lowest BCUT2D eigenvalue weighted by Gasteiger charge is -2.36. The minimum atomic E-state index is 0.0531. The van der Waals surface area contributed by atoms with E-state index in [1.54, 1.807) is 0 Å². The van der Waals surface area contributed by atoms with Gasteiger partial charge >= 0.3 is 0 Å². The minimum absolute atomic E-state index is 0.0531. The highest BCUT2D eigenvalue weighted by Gasteiger charge is 2.25. The molecule has 36 heavy (non-hydrogen) atoms. The molecule has 0 saturated carbocycles. The summed E-state index contributed by atoms with van der Waals surface area (Å²) in [6, 6.07) is 28.2. The van der Waals surface area contributed by atoms with Crippen LogP contribution in [0.4, 0.5) is 5.82 Å². The third-order valence-corrected chi connectivity index (χ3v) is 6.62. The highest BCUT2D eigenvalue weighted by atomic mass is 16.5. The molecule has 0 N–H and O–H groups in total. The lowest BCUT2D eigenvalue weighted by molar-refractivity contribution is -0.125. The molecule has 2 heterocycles. The van der Waals surface area contributed by atoms with E-state index < -0.39 is 0 Å². The molecule has 0 bridgehead atoms. The van der Waals surface area contributed by atoms with Gasteiger partial charge in [0.1, 0.15) is 11.6 Å². The van der Waals surface area contributed by atoms with Crippen LogP contribution in [0.15, 0.2) is 84.9 Å². The molecule has 0 spiro atoms. The first-order valence-corrected chi connectivity index (χ1v) is 12.5. The zero-order chi connectivity index (χ0) is 24.9. The topological polar surface area (TPSA) is 45.7 Å². The number of amides is 1. The number of pyridine rings is 1. The Kier molecular flexibility index (Phi) is 6.99. The summed E-state index contributed by atoms with van der Waals surface area (Å²) in [7, 11) is 0. The van der Waals surface area contributed by atoms with E-state index in [9.17, 15) is 4.79 Å². The Morgan fingerprint density at radius 1 is 0.917 bits per heavy atom. The molecule has 1 aromatic heterocycles. The van der Waals surface area contributed by atoms with Crippen molar-refractivity contribution in [2.24, 2.45) is 0 Å². The molecule has 5 rings (SSSR count). The van der Waals surface area contributed by atoms with Crippen LogP contribution < -0.4 is 9.64 Å². The van der Waals surface area contributed by atoms with Gasteiger partial charge in [-0.2, -0.15) is 0 Å². The number of anilines is 1. The lowest BCUT2D eigenvalue weighted by Crippen LogP contribution is -2.49. The van der Waals surface area contributed by atoms with Crippen molar-refractivity contribution in [3.8, 4) is 5.75 Å². The molecule has 4 aromatic rings. The Morgan fingerprint density at radius 3 is 2.33 bits per heavy atom. The van der Waals surface area contributed by atoms with Crippen molar-refractivity contribution in [2.75, 3.05) is 37.7 Å². The minimum Gasteiger partial charge on any atom is -0.494 e. The van der Waals surface area contributed by atoms with Gasteiger partial charge in [0.25, 0.3) is 5.91 Å². The molecule has 1 amide bonds. The Bertz CT molecular complexity index is 1370. The molecule has 0 unspecified atom stereocenters. The number of piperazine rings is 1. The maximum absolute atomic E-state index is 13.7. The average Bonchev–Trinajstić information content (AvgIpc) is 2.93. The van der Waals surface area contributed by atoms with E-state index >= 15 is 0 Å². The molecular weight excluding hydrogens is 446 g/mol. The number of nitrogens with zero attached hydrogens (tertiary/aromatic N) is 3. The number of carbonyl (C=O) groups excluding carboxylic acids is 1. The second-order valence-electron chi connectivity index (χ2n) is 9.02. The molecule has 5 heteroatoms. The number of hydrogen-bond acceptors (Lipinski definition) is 4. The number of carbonyl (C=O) groups is 1. The van der Waals surface area contributed by atoms with Crippen LogP contribution in [0.25, 0.3) is 22.6 Å². The SMILES string of the molecule is CCOc1ccc(/C=C(/C(=O)N2CCN(c3cc(C)c4ccccc4n3)CC2)c2ccccc2)cc1. The maximum atomic E-state index is 13.7. The molecule has 1 aliphatic rings. The standard InChI is InChI=1S/C31H31N3O2/c1-3-36-26-15-13-24(14-16-26)22-28(25-9-5-4-6-10-25)31(35)34-19-17-33(18-20-34)30-21-23(2)27-11-7-8-12-29(27)32-30/h4-16,21-22H,3,17-20H2,1-2H3/b28-22+. The van der Waals surface area contributed by atoms with E-state index in [-0.39, 0.29) is 5.91 Å². The summed E-state index contributed by atoms with van der Waals surface area (Å²) < 4.78 is 5.56. The van der Waals surface area contributed by atoms with Crippen molar-refractivity contribution in [1.82, 2.24) is 9.88 Å². The van der Waals surface area contributed by atoms with Gasteiger partial charge in [0.05, 0.1) is 12.1 Å². The molecule has 5 nitrogen and oxygen atoms in total. The van der Waals surface area contributed by atoms with Crippen LogP contribution in [0.2, 0.25) is 0 Å². The second-order valence-corrected chi connectivity index (χ2v) is 9.02. The summed E-state index contributed by atoms with van der Waals surface area (Å²) in [4.78, 5) is 22.9. The number of benzene rings is 3. The van der Waals surface area contributed by atoms with E-state index in [0.29, 0.717) is 25.3 Å². The Morgan fingerprint density at radius 2 is 1.61 bits per heavy atom. The summed E-state index contributed by atoms with van der Waals surface area (Å²) >= 11 is 0. The molecule has 3 aromatic carbocycles. The number of ether oxygens (including phenoxy) is 1. The highest BCUT2D eigenvalue weighted by molar-refractivity contribution is 6.24. The average molecular weight is 478 g/mol. The van der Waals surface area contributed by atoms with Gasteiger partial charge in [-0.05, 0) is 60.9 Å². The third-order valence-electron chi connectivity index (χ3n) is 6.62. The van der Waals surface area contributed by atoms with Gasteiger partial charge in [0, 0.05) is 37.1 Å². The number of hydrogen-bond donors (Lipinski definition) is 0. The smallest absolute Gasteiger partial charge is 0.254 e.